The second kappa shape index (κ2) is 4.70. The van der Waals surface area contributed by atoms with Crippen molar-refractivity contribution >= 4 is 28.6 Å². The summed E-state index contributed by atoms with van der Waals surface area (Å²) in [5, 5.41) is 10.8. The Balaban J connectivity index is 3.38. The Hall–Kier alpha value is -1.68. The van der Waals surface area contributed by atoms with Crippen LogP contribution in [0.4, 0.5) is 5.69 Å². The molecule has 0 fully saturated rings. The summed E-state index contributed by atoms with van der Waals surface area (Å²) in [6.45, 7) is 1.51. The molecule has 4 nitrogen and oxygen atoms in total. The number of rotatable bonds is 3. The number of allylic oxidation sites excluding steroid dienone is 1. The van der Waals surface area contributed by atoms with Crippen LogP contribution in [0.2, 0.25) is 0 Å². The van der Waals surface area contributed by atoms with Crippen molar-refractivity contribution in [1.82, 2.24) is 0 Å². The molecule has 1 rings (SSSR count). The molecule has 0 aromatic heterocycles. The highest BCUT2D eigenvalue weighted by Gasteiger charge is 2.16. The SMILES string of the molecule is CC(C=O)=C(Cl)c1ccccc1[N+](=O)[O-]. The molecular formula is C10H8ClNO3. The Labute approximate surface area is 91.3 Å². The van der Waals surface area contributed by atoms with E-state index in [0.29, 0.717) is 6.29 Å². The van der Waals surface area contributed by atoms with Crippen LogP contribution in [0.3, 0.4) is 0 Å². The van der Waals surface area contributed by atoms with Crippen molar-refractivity contribution < 1.29 is 9.72 Å². The maximum atomic E-state index is 10.7. The van der Waals surface area contributed by atoms with Gasteiger partial charge in [0.2, 0.25) is 0 Å². The fourth-order valence-corrected chi connectivity index (χ4v) is 1.29. The van der Waals surface area contributed by atoms with Crippen molar-refractivity contribution in [3.63, 3.8) is 0 Å². The predicted octanol–water partition coefficient (Wildman–Crippen LogP) is 2.76. The Kier molecular flexibility index (Phi) is 3.57. The lowest BCUT2D eigenvalue weighted by atomic mass is 10.1. The van der Waals surface area contributed by atoms with Crippen molar-refractivity contribution in [2.75, 3.05) is 0 Å². The van der Waals surface area contributed by atoms with Crippen LogP contribution >= 0.6 is 11.6 Å². The summed E-state index contributed by atoms with van der Waals surface area (Å²) in [5.41, 5.74) is 0.420. The summed E-state index contributed by atoms with van der Waals surface area (Å²) in [7, 11) is 0. The summed E-state index contributed by atoms with van der Waals surface area (Å²) in [6, 6.07) is 6.02. The Morgan fingerprint density at radius 2 is 2.07 bits per heavy atom. The molecule has 1 aromatic carbocycles. The van der Waals surface area contributed by atoms with Gasteiger partial charge in [-0.2, -0.15) is 0 Å². The number of halogens is 1. The van der Waals surface area contributed by atoms with Crippen molar-refractivity contribution in [2.45, 2.75) is 6.92 Å². The van der Waals surface area contributed by atoms with E-state index < -0.39 is 4.92 Å². The van der Waals surface area contributed by atoms with Gasteiger partial charge in [-0.15, -0.1) is 0 Å². The lowest BCUT2D eigenvalue weighted by Gasteiger charge is -2.01. The van der Waals surface area contributed by atoms with Gasteiger partial charge in [-0.3, -0.25) is 14.9 Å². The van der Waals surface area contributed by atoms with Gasteiger partial charge in [0.15, 0.2) is 0 Å². The third kappa shape index (κ3) is 2.41. The second-order valence-corrected chi connectivity index (χ2v) is 3.27. The third-order valence-electron chi connectivity index (χ3n) is 1.86. The quantitative estimate of drug-likeness (QED) is 0.344. The molecule has 0 amide bonds. The normalized spacial score (nSPS) is 11.9. The summed E-state index contributed by atoms with van der Waals surface area (Å²) in [4.78, 5) is 20.6. The highest BCUT2D eigenvalue weighted by Crippen LogP contribution is 2.30. The van der Waals surface area contributed by atoms with Crippen LogP contribution in [0.25, 0.3) is 5.03 Å². The highest BCUT2D eigenvalue weighted by atomic mass is 35.5. The second-order valence-electron chi connectivity index (χ2n) is 2.89. The Morgan fingerprint density at radius 3 is 2.60 bits per heavy atom. The van der Waals surface area contributed by atoms with Gasteiger partial charge in [-0.25, -0.2) is 0 Å². The van der Waals surface area contributed by atoms with Crippen LogP contribution in [0, 0.1) is 10.1 Å². The number of para-hydroxylation sites is 1. The molecule has 0 aliphatic carbocycles. The van der Waals surface area contributed by atoms with Gasteiger partial charge in [0.05, 0.1) is 15.5 Å². The summed E-state index contributed by atoms with van der Waals surface area (Å²) < 4.78 is 0. The van der Waals surface area contributed by atoms with Gasteiger partial charge in [-0.05, 0) is 13.0 Å². The van der Waals surface area contributed by atoms with E-state index in [1.165, 1.54) is 19.1 Å². The standard InChI is InChI=1S/C10H8ClNO3/c1-7(6-13)10(11)8-4-2-3-5-9(8)12(14)15/h2-6H,1H3. The van der Waals surface area contributed by atoms with E-state index in [1.54, 1.807) is 12.1 Å². The molecule has 0 bridgehead atoms. The van der Waals surface area contributed by atoms with Gasteiger partial charge in [0.25, 0.3) is 5.69 Å². The van der Waals surface area contributed by atoms with E-state index in [0.717, 1.165) is 0 Å². The molecule has 0 saturated heterocycles. The Morgan fingerprint density at radius 1 is 1.47 bits per heavy atom. The number of aldehydes is 1. The molecule has 0 saturated carbocycles. The van der Waals surface area contributed by atoms with Crippen LogP contribution in [-0.2, 0) is 4.79 Å². The molecule has 0 aliphatic heterocycles. The molecule has 0 heterocycles. The van der Waals surface area contributed by atoms with Gasteiger partial charge in [0, 0.05) is 11.6 Å². The number of nitro groups is 1. The minimum atomic E-state index is -0.532. The fourth-order valence-electron chi connectivity index (χ4n) is 1.08. The third-order valence-corrected chi connectivity index (χ3v) is 2.36. The Bertz CT molecular complexity index is 440. The van der Waals surface area contributed by atoms with Crippen LogP contribution < -0.4 is 0 Å². The molecule has 1 aromatic rings. The number of hydrogen-bond donors (Lipinski definition) is 0. The number of nitro benzene ring substituents is 1. The first-order valence-corrected chi connectivity index (χ1v) is 4.51. The highest BCUT2D eigenvalue weighted by molar-refractivity contribution is 6.50. The van der Waals surface area contributed by atoms with Crippen molar-refractivity contribution in [1.29, 1.82) is 0 Å². The van der Waals surface area contributed by atoms with Crippen molar-refractivity contribution in [2.24, 2.45) is 0 Å². The van der Waals surface area contributed by atoms with E-state index in [1.807, 2.05) is 0 Å². The van der Waals surface area contributed by atoms with E-state index in [4.69, 9.17) is 11.6 Å². The van der Waals surface area contributed by atoms with E-state index >= 15 is 0 Å². The van der Waals surface area contributed by atoms with Crippen molar-refractivity contribution in [3.8, 4) is 0 Å². The van der Waals surface area contributed by atoms with Gasteiger partial charge < -0.3 is 0 Å². The summed E-state index contributed by atoms with van der Waals surface area (Å²) in [5.74, 6) is 0. The van der Waals surface area contributed by atoms with Crippen LogP contribution in [0.5, 0.6) is 0 Å². The van der Waals surface area contributed by atoms with Crippen LogP contribution in [-0.4, -0.2) is 11.2 Å². The average Bonchev–Trinajstić information content (AvgIpc) is 2.27. The number of nitrogens with zero attached hydrogens (tertiary/aromatic N) is 1. The molecule has 15 heavy (non-hydrogen) atoms. The minimum Gasteiger partial charge on any atom is -0.298 e. The summed E-state index contributed by atoms with van der Waals surface area (Å²) >= 11 is 5.85. The molecule has 0 atom stereocenters. The zero-order chi connectivity index (χ0) is 11.4. The topological polar surface area (TPSA) is 60.2 Å². The predicted molar refractivity (Wildman–Crippen MR) is 57.6 cm³/mol. The molecule has 0 N–H and O–H groups in total. The first kappa shape index (κ1) is 11.4. The lowest BCUT2D eigenvalue weighted by Crippen LogP contribution is -1.94. The molecule has 0 spiro atoms. The van der Waals surface area contributed by atoms with E-state index in [2.05, 4.69) is 0 Å². The molecular weight excluding hydrogens is 218 g/mol. The first-order valence-electron chi connectivity index (χ1n) is 4.13. The maximum Gasteiger partial charge on any atom is 0.278 e. The minimum absolute atomic E-state index is 0.108. The van der Waals surface area contributed by atoms with Gasteiger partial charge >= 0.3 is 0 Å². The molecule has 78 valence electrons. The smallest absolute Gasteiger partial charge is 0.278 e. The number of carbonyl (C=O) groups is 1. The van der Waals surface area contributed by atoms with E-state index in [9.17, 15) is 14.9 Å². The lowest BCUT2D eigenvalue weighted by molar-refractivity contribution is -0.385. The van der Waals surface area contributed by atoms with Crippen LogP contribution in [0.15, 0.2) is 29.8 Å². The molecule has 5 heteroatoms. The summed E-state index contributed by atoms with van der Waals surface area (Å²) in [6.07, 6.45) is 0.569. The zero-order valence-corrected chi connectivity index (χ0v) is 8.69. The first-order chi connectivity index (χ1) is 7.07. The fraction of sp³-hybridized carbons (Fsp3) is 0.100. The number of hydrogen-bond acceptors (Lipinski definition) is 3. The number of benzene rings is 1. The zero-order valence-electron chi connectivity index (χ0n) is 7.94. The molecule has 0 unspecified atom stereocenters. The largest absolute Gasteiger partial charge is 0.298 e. The van der Waals surface area contributed by atoms with E-state index in [-0.39, 0.29) is 21.9 Å². The maximum absolute atomic E-state index is 10.7. The van der Waals surface area contributed by atoms with Gasteiger partial charge in [-0.1, -0.05) is 23.7 Å². The number of carbonyl (C=O) groups excluding carboxylic acids is 1. The van der Waals surface area contributed by atoms with Crippen molar-refractivity contribution in [3.05, 3.63) is 45.5 Å². The monoisotopic (exact) mass is 225 g/mol. The molecule has 0 radical (unpaired) electrons. The molecule has 0 aliphatic rings. The van der Waals surface area contributed by atoms with Crippen LogP contribution in [0.1, 0.15) is 12.5 Å². The average molecular weight is 226 g/mol. The van der Waals surface area contributed by atoms with Gasteiger partial charge in [0.1, 0.15) is 6.29 Å².